The summed E-state index contributed by atoms with van der Waals surface area (Å²) < 4.78 is 43.0. The number of nitrogens with zero attached hydrogens (tertiary/aromatic N) is 2. The third-order valence-corrected chi connectivity index (χ3v) is 3.35. The van der Waals surface area contributed by atoms with Crippen LogP contribution in [0.15, 0.2) is 0 Å². The van der Waals surface area contributed by atoms with Crippen LogP contribution in [0.3, 0.4) is 0 Å². The highest BCUT2D eigenvalue weighted by molar-refractivity contribution is 5.49. The SMILES string of the molecule is CCCNc1nc(C2CC2)nc(OC(C)C(F)(F)F)c1C. The fraction of sp³-hybridized carbons (Fsp3) is 0.714. The van der Waals surface area contributed by atoms with Gasteiger partial charge in [0.2, 0.25) is 5.88 Å². The highest BCUT2D eigenvalue weighted by atomic mass is 19.4. The average molecular weight is 303 g/mol. The Balaban J connectivity index is 2.27. The molecule has 4 nitrogen and oxygen atoms in total. The van der Waals surface area contributed by atoms with Crippen molar-refractivity contribution in [1.29, 1.82) is 0 Å². The van der Waals surface area contributed by atoms with Gasteiger partial charge in [0.1, 0.15) is 11.6 Å². The van der Waals surface area contributed by atoms with Gasteiger partial charge in [0.05, 0.1) is 5.56 Å². The van der Waals surface area contributed by atoms with Gasteiger partial charge < -0.3 is 10.1 Å². The Morgan fingerprint density at radius 3 is 2.52 bits per heavy atom. The first-order chi connectivity index (χ1) is 9.82. The minimum absolute atomic E-state index is 0.0235. The third-order valence-electron chi connectivity index (χ3n) is 3.35. The highest BCUT2D eigenvalue weighted by Crippen LogP contribution is 2.40. The van der Waals surface area contributed by atoms with Gasteiger partial charge in [0, 0.05) is 12.5 Å². The maximum absolute atomic E-state index is 12.7. The van der Waals surface area contributed by atoms with Gasteiger partial charge in [-0.3, -0.25) is 0 Å². The molecular formula is C14H20F3N3O. The Hall–Kier alpha value is -1.53. The lowest BCUT2D eigenvalue weighted by atomic mass is 10.3. The molecule has 2 rings (SSSR count). The Kier molecular flexibility index (Phi) is 4.58. The van der Waals surface area contributed by atoms with Crippen LogP contribution in [-0.2, 0) is 0 Å². The zero-order chi connectivity index (χ0) is 15.6. The number of hydrogen-bond donors (Lipinski definition) is 1. The second-order valence-electron chi connectivity index (χ2n) is 5.36. The van der Waals surface area contributed by atoms with E-state index in [9.17, 15) is 13.2 Å². The number of halogens is 3. The van der Waals surface area contributed by atoms with Crippen molar-refractivity contribution in [3.05, 3.63) is 11.4 Å². The molecule has 118 valence electrons. The van der Waals surface area contributed by atoms with Gasteiger partial charge in [-0.2, -0.15) is 18.2 Å². The molecule has 1 aliphatic carbocycles. The average Bonchev–Trinajstić information content (AvgIpc) is 3.22. The number of aromatic nitrogens is 2. The smallest absolute Gasteiger partial charge is 0.425 e. The van der Waals surface area contributed by atoms with E-state index in [1.807, 2.05) is 6.92 Å². The van der Waals surface area contributed by atoms with Gasteiger partial charge in [-0.05, 0) is 33.1 Å². The van der Waals surface area contributed by atoms with Gasteiger partial charge in [0.25, 0.3) is 0 Å². The largest absolute Gasteiger partial charge is 0.465 e. The van der Waals surface area contributed by atoms with Crippen molar-refractivity contribution in [2.45, 2.75) is 58.2 Å². The molecule has 1 N–H and O–H groups in total. The molecule has 21 heavy (non-hydrogen) atoms. The minimum Gasteiger partial charge on any atom is -0.465 e. The van der Waals surface area contributed by atoms with E-state index >= 15 is 0 Å². The summed E-state index contributed by atoms with van der Waals surface area (Å²) in [5.41, 5.74) is 0.518. The molecule has 0 aliphatic heterocycles. The highest BCUT2D eigenvalue weighted by Gasteiger charge is 2.39. The van der Waals surface area contributed by atoms with Crippen LogP contribution >= 0.6 is 0 Å². The first-order valence-electron chi connectivity index (χ1n) is 7.18. The number of ether oxygens (including phenoxy) is 1. The maximum atomic E-state index is 12.7. The number of alkyl halides is 3. The van der Waals surface area contributed by atoms with E-state index in [1.165, 1.54) is 0 Å². The van der Waals surface area contributed by atoms with Crippen LogP contribution < -0.4 is 10.1 Å². The summed E-state index contributed by atoms with van der Waals surface area (Å²) in [4.78, 5) is 8.60. The van der Waals surface area contributed by atoms with Crippen molar-refractivity contribution in [1.82, 2.24) is 9.97 Å². The van der Waals surface area contributed by atoms with E-state index < -0.39 is 12.3 Å². The van der Waals surface area contributed by atoms with Crippen LogP contribution in [0.5, 0.6) is 5.88 Å². The van der Waals surface area contributed by atoms with Crippen LogP contribution in [0.25, 0.3) is 0 Å². The van der Waals surface area contributed by atoms with Crippen LogP contribution in [-0.4, -0.2) is 28.8 Å². The Labute approximate surface area is 122 Å². The molecule has 1 aromatic heterocycles. The van der Waals surface area contributed by atoms with Crippen molar-refractivity contribution in [3.8, 4) is 5.88 Å². The van der Waals surface area contributed by atoms with Crippen molar-refractivity contribution >= 4 is 5.82 Å². The predicted octanol–water partition coefficient (Wildman–Crippen LogP) is 3.81. The lowest BCUT2D eigenvalue weighted by Crippen LogP contribution is -2.32. The van der Waals surface area contributed by atoms with Gasteiger partial charge in [-0.15, -0.1) is 0 Å². The molecule has 1 unspecified atom stereocenters. The van der Waals surface area contributed by atoms with Crippen molar-refractivity contribution in [2.24, 2.45) is 0 Å². The van der Waals surface area contributed by atoms with Crippen LogP contribution in [0.2, 0.25) is 0 Å². The van der Waals surface area contributed by atoms with Crippen LogP contribution in [0.1, 0.15) is 50.4 Å². The molecule has 0 saturated heterocycles. The third kappa shape index (κ3) is 3.98. The molecule has 7 heteroatoms. The van der Waals surface area contributed by atoms with Crippen LogP contribution in [0, 0.1) is 6.92 Å². The second kappa shape index (κ2) is 6.07. The summed E-state index contributed by atoms with van der Waals surface area (Å²) >= 11 is 0. The molecule has 0 amide bonds. The second-order valence-corrected chi connectivity index (χ2v) is 5.36. The fourth-order valence-corrected chi connectivity index (χ4v) is 1.80. The van der Waals surface area contributed by atoms with Gasteiger partial charge >= 0.3 is 6.18 Å². The predicted molar refractivity (Wildman–Crippen MR) is 73.7 cm³/mol. The van der Waals surface area contributed by atoms with E-state index in [2.05, 4.69) is 15.3 Å². The van der Waals surface area contributed by atoms with Gasteiger partial charge in [0.15, 0.2) is 6.10 Å². The van der Waals surface area contributed by atoms with Crippen LogP contribution in [0.4, 0.5) is 19.0 Å². The molecule has 1 aromatic rings. The molecular weight excluding hydrogens is 283 g/mol. The molecule has 1 atom stereocenters. The number of rotatable bonds is 6. The lowest BCUT2D eigenvalue weighted by molar-refractivity contribution is -0.190. The monoisotopic (exact) mass is 303 g/mol. The van der Waals surface area contributed by atoms with Crippen molar-refractivity contribution in [3.63, 3.8) is 0 Å². The number of nitrogens with one attached hydrogen (secondary N) is 1. The van der Waals surface area contributed by atoms with E-state index in [0.717, 1.165) is 26.2 Å². The first-order valence-corrected chi connectivity index (χ1v) is 7.18. The topological polar surface area (TPSA) is 47.0 Å². The summed E-state index contributed by atoms with van der Waals surface area (Å²) in [7, 11) is 0. The Morgan fingerprint density at radius 2 is 2.00 bits per heavy atom. The van der Waals surface area contributed by atoms with E-state index in [-0.39, 0.29) is 11.8 Å². The Bertz CT molecular complexity index is 501. The number of hydrogen-bond acceptors (Lipinski definition) is 4. The molecule has 0 bridgehead atoms. The van der Waals surface area contributed by atoms with Crippen molar-refractivity contribution < 1.29 is 17.9 Å². The molecule has 0 aromatic carbocycles. The molecule has 1 fully saturated rings. The fourth-order valence-electron chi connectivity index (χ4n) is 1.80. The summed E-state index contributed by atoms with van der Waals surface area (Å²) in [6, 6.07) is 0. The lowest BCUT2D eigenvalue weighted by Gasteiger charge is -2.20. The minimum atomic E-state index is -4.41. The summed E-state index contributed by atoms with van der Waals surface area (Å²) in [6.45, 7) is 5.37. The molecule has 1 aliphatic rings. The van der Waals surface area contributed by atoms with E-state index in [0.29, 0.717) is 23.8 Å². The molecule has 0 radical (unpaired) electrons. The van der Waals surface area contributed by atoms with Gasteiger partial charge in [-0.1, -0.05) is 6.92 Å². The quantitative estimate of drug-likeness (QED) is 0.868. The normalized spacial score (nSPS) is 16.7. The standard InChI is InChI=1S/C14H20F3N3O/c1-4-7-18-11-8(2)13(21-9(3)14(15,16)17)20-12(19-11)10-5-6-10/h9-10H,4-7H2,1-3H3,(H,18,19,20). The molecule has 1 saturated carbocycles. The molecule has 0 spiro atoms. The summed E-state index contributed by atoms with van der Waals surface area (Å²) in [5, 5.41) is 3.13. The number of anilines is 1. The Morgan fingerprint density at radius 1 is 1.33 bits per heavy atom. The zero-order valence-electron chi connectivity index (χ0n) is 12.4. The van der Waals surface area contributed by atoms with E-state index in [1.54, 1.807) is 6.92 Å². The first kappa shape index (κ1) is 15.9. The van der Waals surface area contributed by atoms with Crippen molar-refractivity contribution in [2.75, 3.05) is 11.9 Å². The zero-order valence-corrected chi connectivity index (χ0v) is 12.4. The van der Waals surface area contributed by atoms with Gasteiger partial charge in [-0.25, -0.2) is 4.98 Å². The van der Waals surface area contributed by atoms with E-state index in [4.69, 9.17) is 4.74 Å². The molecule has 1 heterocycles. The maximum Gasteiger partial charge on any atom is 0.425 e. The summed E-state index contributed by atoms with van der Waals surface area (Å²) in [6.07, 6.45) is -3.45. The summed E-state index contributed by atoms with van der Waals surface area (Å²) in [5.74, 6) is 1.41.